The monoisotopic (exact) mass is 370 g/mol. The molecule has 0 unspecified atom stereocenters. The van der Waals surface area contributed by atoms with Crippen LogP contribution >= 0.6 is 27.5 Å². The number of aromatic nitrogens is 1. The van der Waals surface area contributed by atoms with Gasteiger partial charge in [-0.15, -0.1) is 0 Å². The minimum absolute atomic E-state index is 0.116. The van der Waals surface area contributed by atoms with E-state index in [1.807, 2.05) is 0 Å². The summed E-state index contributed by atoms with van der Waals surface area (Å²) in [4.78, 5) is 16.0. The number of hydrogen-bond acceptors (Lipinski definition) is 5. The van der Waals surface area contributed by atoms with Crippen LogP contribution in [0.3, 0.4) is 0 Å². The van der Waals surface area contributed by atoms with Gasteiger partial charge in [0.25, 0.3) is 0 Å². The van der Waals surface area contributed by atoms with E-state index in [9.17, 15) is 4.79 Å². The first-order valence-electron chi connectivity index (χ1n) is 6.06. The quantitative estimate of drug-likeness (QED) is 0.821. The standard InChI is InChI=1S/C14H12BrClN2O3/c1-2-20-14(19)10-6-9(17)7-18-13(10)21-12-4-3-8(16)5-11(12)15/h3-7H,2,17H2,1H3. The second-order valence-corrected chi connectivity index (χ2v) is 5.31. The lowest BCUT2D eigenvalue weighted by Crippen LogP contribution is -2.08. The van der Waals surface area contributed by atoms with Crippen LogP contribution in [0, 0.1) is 0 Å². The molecular formula is C14H12BrClN2O3. The molecule has 5 nitrogen and oxygen atoms in total. The lowest BCUT2D eigenvalue weighted by atomic mass is 10.2. The topological polar surface area (TPSA) is 74.4 Å². The maximum atomic E-state index is 11.9. The summed E-state index contributed by atoms with van der Waals surface area (Å²) in [5.41, 5.74) is 6.17. The summed E-state index contributed by atoms with van der Waals surface area (Å²) in [6, 6.07) is 6.48. The molecule has 0 aliphatic carbocycles. The Bertz CT molecular complexity index is 679. The second kappa shape index (κ2) is 6.78. The Labute approximate surface area is 135 Å². The highest BCUT2D eigenvalue weighted by molar-refractivity contribution is 9.10. The third-order valence-corrected chi connectivity index (χ3v) is 3.32. The molecule has 0 amide bonds. The Kier molecular flexibility index (Phi) is 5.03. The number of esters is 1. The van der Waals surface area contributed by atoms with Gasteiger partial charge in [0.15, 0.2) is 0 Å². The van der Waals surface area contributed by atoms with Gasteiger partial charge in [0.05, 0.1) is 23.0 Å². The fraction of sp³-hybridized carbons (Fsp3) is 0.143. The van der Waals surface area contributed by atoms with Crippen LogP contribution in [0.5, 0.6) is 11.6 Å². The van der Waals surface area contributed by atoms with E-state index in [0.29, 0.717) is 20.9 Å². The van der Waals surface area contributed by atoms with Crippen LogP contribution in [0.15, 0.2) is 34.9 Å². The zero-order chi connectivity index (χ0) is 15.4. The van der Waals surface area contributed by atoms with Crippen molar-refractivity contribution in [3.05, 3.63) is 45.5 Å². The molecule has 110 valence electrons. The van der Waals surface area contributed by atoms with Gasteiger partial charge >= 0.3 is 5.97 Å². The van der Waals surface area contributed by atoms with Crippen LogP contribution in [-0.4, -0.2) is 17.6 Å². The number of nitrogens with zero attached hydrogens (tertiary/aromatic N) is 1. The predicted octanol–water partition coefficient (Wildman–Crippen LogP) is 4.05. The first kappa shape index (κ1) is 15.6. The molecule has 2 aromatic rings. The molecule has 0 spiro atoms. The van der Waals surface area contributed by atoms with E-state index in [1.54, 1.807) is 25.1 Å². The maximum absolute atomic E-state index is 11.9. The minimum Gasteiger partial charge on any atom is -0.462 e. The van der Waals surface area contributed by atoms with Crippen molar-refractivity contribution < 1.29 is 14.3 Å². The molecular weight excluding hydrogens is 360 g/mol. The number of benzene rings is 1. The highest BCUT2D eigenvalue weighted by Crippen LogP contribution is 2.33. The average Bonchev–Trinajstić information content (AvgIpc) is 2.43. The number of ether oxygens (including phenoxy) is 2. The number of nitrogens with two attached hydrogens (primary N) is 1. The Morgan fingerprint density at radius 3 is 2.86 bits per heavy atom. The van der Waals surface area contributed by atoms with Gasteiger partial charge in [0.1, 0.15) is 11.3 Å². The van der Waals surface area contributed by atoms with E-state index in [1.165, 1.54) is 12.3 Å². The first-order valence-corrected chi connectivity index (χ1v) is 7.24. The van der Waals surface area contributed by atoms with E-state index in [0.717, 1.165) is 0 Å². The van der Waals surface area contributed by atoms with Crippen molar-refractivity contribution in [2.75, 3.05) is 12.3 Å². The average molecular weight is 372 g/mol. The SMILES string of the molecule is CCOC(=O)c1cc(N)cnc1Oc1ccc(Cl)cc1Br. The van der Waals surface area contributed by atoms with Gasteiger partial charge in [-0.25, -0.2) is 9.78 Å². The van der Waals surface area contributed by atoms with E-state index >= 15 is 0 Å². The van der Waals surface area contributed by atoms with E-state index in [2.05, 4.69) is 20.9 Å². The maximum Gasteiger partial charge on any atom is 0.343 e. The van der Waals surface area contributed by atoms with Gasteiger partial charge < -0.3 is 15.2 Å². The zero-order valence-electron chi connectivity index (χ0n) is 11.1. The molecule has 1 heterocycles. The molecule has 1 aromatic heterocycles. The molecule has 0 bridgehead atoms. The van der Waals surface area contributed by atoms with E-state index < -0.39 is 5.97 Å². The number of halogens is 2. The number of carbonyl (C=O) groups is 1. The number of pyridine rings is 1. The van der Waals surface area contributed by atoms with Crippen molar-refractivity contribution in [3.63, 3.8) is 0 Å². The summed E-state index contributed by atoms with van der Waals surface area (Å²) in [5.74, 6) is 0.0466. The van der Waals surface area contributed by atoms with Crippen molar-refractivity contribution >= 4 is 39.2 Å². The lowest BCUT2D eigenvalue weighted by Gasteiger charge is -2.11. The molecule has 21 heavy (non-hydrogen) atoms. The highest BCUT2D eigenvalue weighted by Gasteiger charge is 2.17. The lowest BCUT2D eigenvalue weighted by molar-refractivity contribution is 0.0523. The first-order chi connectivity index (χ1) is 10.0. The number of hydrogen-bond donors (Lipinski definition) is 1. The number of carbonyl (C=O) groups excluding carboxylic acids is 1. The molecule has 0 atom stereocenters. The van der Waals surface area contributed by atoms with Gasteiger partial charge in [0.2, 0.25) is 5.88 Å². The van der Waals surface area contributed by atoms with Crippen LogP contribution in [0.4, 0.5) is 5.69 Å². The van der Waals surface area contributed by atoms with Crippen LogP contribution in [0.25, 0.3) is 0 Å². The number of nitrogen functional groups attached to an aromatic ring is 1. The number of rotatable bonds is 4. The highest BCUT2D eigenvalue weighted by atomic mass is 79.9. The largest absolute Gasteiger partial charge is 0.462 e. The molecule has 0 fully saturated rings. The molecule has 2 rings (SSSR count). The van der Waals surface area contributed by atoms with Crippen molar-refractivity contribution in [3.8, 4) is 11.6 Å². The van der Waals surface area contributed by atoms with Crippen LogP contribution in [0.2, 0.25) is 5.02 Å². The Balaban J connectivity index is 2.37. The van der Waals surface area contributed by atoms with Gasteiger partial charge in [-0.1, -0.05) is 11.6 Å². The summed E-state index contributed by atoms with van der Waals surface area (Å²) < 4.78 is 11.3. The smallest absolute Gasteiger partial charge is 0.343 e. The van der Waals surface area contributed by atoms with E-state index in [4.69, 9.17) is 26.8 Å². The zero-order valence-corrected chi connectivity index (χ0v) is 13.4. The molecule has 7 heteroatoms. The third kappa shape index (κ3) is 3.86. The van der Waals surface area contributed by atoms with Crippen LogP contribution < -0.4 is 10.5 Å². The Hall–Kier alpha value is -1.79. The summed E-state index contributed by atoms with van der Waals surface area (Å²) in [6.45, 7) is 1.96. The van der Waals surface area contributed by atoms with Gasteiger partial charge in [-0.3, -0.25) is 0 Å². The molecule has 2 N–H and O–H groups in total. The summed E-state index contributed by atoms with van der Waals surface area (Å²) in [6.07, 6.45) is 1.40. The summed E-state index contributed by atoms with van der Waals surface area (Å²) >= 11 is 9.21. The van der Waals surface area contributed by atoms with Gasteiger partial charge in [0, 0.05) is 5.02 Å². The van der Waals surface area contributed by atoms with Crippen molar-refractivity contribution in [1.29, 1.82) is 0 Å². The fourth-order valence-electron chi connectivity index (χ4n) is 1.57. The number of anilines is 1. The molecule has 0 aliphatic rings. The van der Waals surface area contributed by atoms with Crippen LogP contribution in [0.1, 0.15) is 17.3 Å². The minimum atomic E-state index is -0.544. The summed E-state index contributed by atoms with van der Waals surface area (Å²) in [5, 5.41) is 0.560. The predicted molar refractivity (Wildman–Crippen MR) is 83.8 cm³/mol. The van der Waals surface area contributed by atoms with E-state index in [-0.39, 0.29) is 18.1 Å². The van der Waals surface area contributed by atoms with Crippen molar-refractivity contribution in [2.45, 2.75) is 6.92 Å². The molecule has 0 aliphatic heterocycles. The van der Waals surface area contributed by atoms with Crippen LogP contribution in [-0.2, 0) is 4.74 Å². The third-order valence-electron chi connectivity index (χ3n) is 2.47. The molecule has 0 radical (unpaired) electrons. The van der Waals surface area contributed by atoms with Crippen molar-refractivity contribution in [1.82, 2.24) is 4.98 Å². The Morgan fingerprint density at radius 2 is 2.19 bits per heavy atom. The Morgan fingerprint density at radius 1 is 1.43 bits per heavy atom. The summed E-state index contributed by atoms with van der Waals surface area (Å²) in [7, 11) is 0. The molecule has 0 saturated carbocycles. The molecule has 1 aromatic carbocycles. The second-order valence-electron chi connectivity index (χ2n) is 4.02. The normalized spacial score (nSPS) is 10.2. The molecule has 0 saturated heterocycles. The fourth-order valence-corrected chi connectivity index (χ4v) is 2.33. The van der Waals surface area contributed by atoms with Crippen molar-refractivity contribution in [2.24, 2.45) is 0 Å². The van der Waals surface area contributed by atoms with Gasteiger partial charge in [-0.2, -0.15) is 0 Å². The van der Waals surface area contributed by atoms with Gasteiger partial charge in [-0.05, 0) is 47.1 Å².